The predicted molar refractivity (Wildman–Crippen MR) is 148 cm³/mol. The third kappa shape index (κ3) is 6.12. The van der Waals surface area contributed by atoms with Gasteiger partial charge >= 0.3 is 0 Å². The normalized spacial score (nSPS) is 17.0. The molecule has 1 atom stereocenters. The van der Waals surface area contributed by atoms with Gasteiger partial charge in [0.05, 0.1) is 11.6 Å². The molecule has 7 heteroatoms. The van der Waals surface area contributed by atoms with E-state index in [4.69, 9.17) is 4.74 Å². The van der Waals surface area contributed by atoms with E-state index in [9.17, 15) is 14.7 Å². The molecule has 1 aliphatic rings. The van der Waals surface area contributed by atoms with Crippen LogP contribution in [-0.4, -0.2) is 53.8 Å². The van der Waals surface area contributed by atoms with Crippen LogP contribution in [0.2, 0.25) is 0 Å². The smallest absolute Gasteiger partial charge is 0.295 e. The Morgan fingerprint density at radius 3 is 2.46 bits per heavy atom. The fourth-order valence-electron chi connectivity index (χ4n) is 4.57. The lowest BCUT2D eigenvalue weighted by molar-refractivity contribution is -0.139. The van der Waals surface area contributed by atoms with Gasteiger partial charge in [0.2, 0.25) is 0 Å². The lowest BCUT2D eigenvalue weighted by Crippen LogP contribution is -2.32. The Balaban J connectivity index is 1.68. The Labute approximate surface area is 226 Å². The van der Waals surface area contributed by atoms with E-state index in [1.165, 1.54) is 0 Å². The minimum absolute atomic E-state index is 0.106. The van der Waals surface area contributed by atoms with Gasteiger partial charge in [0.25, 0.3) is 11.7 Å². The second-order valence-electron chi connectivity index (χ2n) is 9.46. The highest BCUT2D eigenvalue weighted by Gasteiger charge is 2.46. The van der Waals surface area contributed by atoms with Crippen LogP contribution in [0.5, 0.6) is 5.75 Å². The molecule has 1 heterocycles. The van der Waals surface area contributed by atoms with Gasteiger partial charge < -0.3 is 19.6 Å². The molecular formula is C30H31BrN2O4. The van der Waals surface area contributed by atoms with Crippen molar-refractivity contribution in [2.45, 2.75) is 26.0 Å². The van der Waals surface area contributed by atoms with Crippen LogP contribution in [0.25, 0.3) is 5.76 Å². The van der Waals surface area contributed by atoms with Crippen molar-refractivity contribution in [2.75, 3.05) is 27.2 Å². The highest BCUT2D eigenvalue weighted by Crippen LogP contribution is 2.40. The molecule has 0 bridgehead atoms. The number of carbonyl (C=O) groups is 2. The number of aliphatic hydroxyl groups is 1. The quantitative estimate of drug-likeness (QED) is 0.205. The van der Waals surface area contributed by atoms with Crippen LogP contribution in [0.1, 0.15) is 34.7 Å². The average Bonchev–Trinajstić information content (AvgIpc) is 3.13. The molecule has 1 N–H and O–H groups in total. The van der Waals surface area contributed by atoms with E-state index < -0.39 is 17.7 Å². The van der Waals surface area contributed by atoms with E-state index in [-0.39, 0.29) is 11.3 Å². The van der Waals surface area contributed by atoms with E-state index >= 15 is 0 Å². The fraction of sp³-hybridized carbons (Fsp3) is 0.267. The van der Waals surface area contributed by atoms with Gasteiger partial charge in [0.15, 0.2) is 0 Å². The summed E-state index contributed by atoms with van der Waals surface area (Å²) in [7, 11) is 3.94. The zero-order valence-corrected chi connectivity index (χ0v) is 22.9. The Hall–Kier alpha value is -3.42. The molecule has 0 aromatic heterocycles. The molecule has 0 unspecified atom stereocenters. The number of carbonyl (C=O) groups excluding carboxylic acids is 2. The summed E-state index contributed by atoms with van der Waals surface area (Å²) in [5, 5.41) is 11.4. The number of rotatable bonds is 9. The second-order valence-corrected chi connectivity index (χ2v) is 10.4. The minimum atomic E-state index is -0.673. The zero-order valence-electron chi connectivity index (χ0n) is 21.3. The van der Waals surface area contributed by atoms with Gasteiger partial charge in [0.1, 0.15) is 18.1 Å². The first-order chi connectivity index (χ1) is 17.8. The first-order valence-corrected chi connectivity index (χ1v) is 13.0. The molecule has 1 amide bonds. The van der Waals surface area contributed by atoms with Gasteiger partial charge in [-0.2, -0.15) is 0 Å². The van der Waals surface area contributed by atoms with Crippen LogP contribution < -0.4 is 4.74 Å². The largest absolute Gasteiger partial charge is 0.507 e. The number of Topliss-reactive ketones (excluding diaryl/α,β-unsaturated/α-hetero) is 1. The maximum atomic E-state index is 13.3. The number of aryl methyl sites for hydroxylation is 1. The number of ether oxygens (including phenoxy) is 1. The van der Waals surface area contributed by atoms with Crippen molar-refractivity contribution in [1.82, 2.24) is 9.80 Å². The molecule has 0 radical (unpaired) electrons. The van der Waals surface area contributed by atoms with Gasteiger partial charge in [-0.25, -0.2) is 0 Å². The van der Waals surface area contributed by atoms with Gasteiger partial charge in [-0.15, -0.1) is 0 Å². The number of amides is 1. The van der Waals surface area contributed by atoms with Crippen LogP contribution in [0.3, 0.4) is 0 Å². The van der Waals surface area contributed by atoms with E-state index in [0.29, 0.717) is 30.9 Å². The Morgan fingerprint density at radius 2 is 1.78 bits per heavy atom. The summed E-state index contributed by atoms with van der Waals surface area (Å²) in [6.45, 7) is 3.46. The monoisotopic (exact) mass is 562 g/mol. The minimum Gasteiger partial charge on any atom is -0.507 e. The lowest BCUT2D eigenvalue weighted by Gasteiger charge is -2.26. The predicted octanol–water partition coefficient (Wildman–Crippen LogP) is 5.71. The van der Waals surface area contributed by atoms with Crippen molar-refractivity contribution in [2.24, 2.45) is 0 Å². The Kier molecular flexibility index (Phi) is 8.46. The zero-order chi connectivity index (χ0) is 26.5. The Morgan fingerprint density at radius 1 is 1.03 bits per heavy atom. The van der Waals surface area contributed by atoms with Crippen molar-refractivity contribution in [3.8, 4) is 5.75 Å². The first kappa shape index (κ1) is 26.6. The number of benzene rings is 3. The topological polar surface area (TPSA) is 70.1 Å². The van der Waals surface area contributed by atoms with Crippen LogP contribution in [0.4, 0.5) is 0 Å². The van der Waals surface area contributed by atoms with E-state index in [1.807, 2.05) is 86.6 Å². The van der Waals surface area contributed by atoms with Crippen molar-refractivity contribution < 1.29 is 19.4 Å². The number of hydrogen-bond acceptors (Lipinski definition) is 5. The van der Waals surface area contributed by atoms with Crippen molar-refractivity contribution >= 4 is 33.4 Å². The van der Waals surface area contributed by atoms with Crippen LogP contribution in [0, 0.1) is 6.92 Å². The maximum absolute atomic E-state index is 13.3. The number of hydrogen-bond donors (Lipinski definition) is 1. The average molecular weight is 563 g/mol. The number of halogens is 1. The van der Waals surface area contributed by atoms with Gasteiger partial charge in [-0.3, -0.25) is 9.59 Å². The molecule has 37 heavy (non-hydrogen) atoms. The fourth-order valence-corrected chi connectivity index (χ4v) is 4.99. The lowest BCUT2D eigenvalue weighted by atomic mass is 9.94. The number of ketones is 1. The summed E-state index contributed by atoms with van der Waals surface area (Å²) in [5.74, 6) is -0.780. The Bertz CT molecular complexity index is 1320. The number of aliphatic hydroxyl groups excluding tert-OH is 1. The summed E-state index contributed by atoms with van der Waals surface area (Å²) in [6, 6.07) is 22.0. The molecule has 3 aromatic carbocycles. The molecule has 0 spiro atoms. The summed E-state index contributed by atoms with van der Waals surface area (Å²) in [4.78, 5) is 30.0. The third-order valence-corrected chi connectivity index (χ3v) is 6.90. The van der Waals surface area contributed by atoms with Crippen molar-refractivity contribution in [3.63, 3.8) is 0 Å². The second kappa shape index (κ2) is 11.8. The van der Waals surface area contributed by atoms with Crippen LogP contribution >= 0.6 is 15.9 Å². The van der Waals surface area contributed by atoms with Gasteiger partial charge in [0, 0.05) is 16.6 Å². The molecule has 3 aromatic rings. The summed E-state index contributed by atoms with van der Waals surface area (Å²) < 4.78 is 6.75. The first-order valence-electron chi connectivity index (χ1n) is 12.2. The maximum Gasteiger partial charge on any atom is 0.295 e. The van der Waals surface area contributed by atoms with Crippen molar-refractivity contribution in [3.05, 3.63) is 105 Å². The molecule has 192 valence electrons. The van der Waals surface area contributed by atoms with E-state index in [0.717, 1.165) is 27.7 Å². The summed E-state index contributed by atoms with van der Waals surface area (Å²) in [5.41, 5.74) is 3.16. The molecule has 1 aliphatic heterocycles. The van der Waals surface area contributed by atoms with Crippen molar-refractivity contribution in [1.29, 1.82) is 0 Å². The van der Waals surface area contributed by atoms with E-state index in [1.54, 1.807) is 17.0 Å². The van der Waals surface area contributed by atoms with Crippen LogP contribution in [0.15, 0.2) is 82.8 Å². The molecule has 1 fully saturated rings. The van der Waals surface area contributed by atoms with Gasteiger partial charge in [-0.05, 0) is 81.0 Å². The van der Waals surface area contributed by atoms with Crippen LogP contribution in [-0.2, 0) is 16.2 Å². The molecule has 0 saturated carbocycles. The van der Waals surface area contributed by atoms with Gasteiger partial charge in [-0.1, -0.05) is 58.4 Å². The molecular weight excluding hydrogens is 532 g/mol. The highest BCUT2D eigenvalue weighted by atomic mass is 79.9. The molecule has 1 saturated heterocycles. The molecule has 4 rings (SSSR count). The summed E-state index contributed by atoms with van der Waals surface area (Å²) >= 11 is 3.50. The molecule has 0 aliphatic carbocycles. The third-order valence-electron chi connectivity index (χ3n) is 6.41. The van der Waals surface area contributed by atoms with E-state index in [2.05, 4.69) is 15.9 Å². The molecule has 6 nitrogen and oxygen atoms in total. The standard InChI is InChI=1S/C30H31BrN2O4/c1-20-17-24(37-19-21-9-5-4-6-10-21)13-14-25(20)28(34)26-27(22-11-7-12-23(31)18-22)33(30(36)29(26)35)16-8-15-32(2)3/h4-7,9-14,17-18,27,34H,8,15-16,19H2,1-3H3/t27-/m1/s1. The highest BCUT2D eigenvalue weighted by molar-refractivity contribution is 9.10. The SMILES string of the molecule is Cc1cc(OCc2ccccc2)ccc1C(O)=C1C(=O)C(=O)N(CCCN(C)C)[C@@H]1c1cccc(Br)c1. The number of nitrogens with zero attached hydrogens (tertiary/aromatic N) is 2. The number of likely N-dealkylation sites (tertiary alicyclic amines) is 1. The summed E-state index contributed by atoms with van der Waals surface area (Å²) in [6.07, 6.45) is 0.705.